The number of aromatic nitrogens is 1. The Bertz CT molecular complexity index is 415. The van der Waals surface area contributed by atoms with Gasteiger partial charge in [0.2, 0.25) is 0 Å². The summed E-state index contributed by atoms with van der Waals surface area (Å²) in [4.78, 5) is 0. The van der Waals surface area contributed by atoms with Gasteiger partial charge in [0.15, 0.2) is 0 Å². The highest BCUT2D eigenvalue weighted by molar-refractivity contribution is 5.24. The lowest BCUT2D eigenvalue weighted by Gasteiger charge is -2.04. The van der Waals surface area contributed by atoms with E-state index in [9.17, 15) is 0 Å². The normalized spacial score (nSPS) is 10.3. The first-order chi connectivity index (χ1) is 7.27. The zero-order valence-electron chi connectivity index (χ0n) is 8.86. The van der Waals surface area contributed by atoms with Crippen LogP contribution in [0, 0.1) is 13.8 Å². The molecule has 0 amide bonds. The lowest BCUT2D eigenvalue weighted by atomic mass is 10.2. The van der Waals surface area contributed by atoms with Gasteiger partial charge in [-0.15, -0.1) is 0 Å². The number of aryl methyl sites for hydroxylation is 2. The molecule has 2 aromatic rings. The third-order valence-electron chi connectivity index (χ3n) is 2.31. The Morgan fingerprint density at radius 3 is 2.53 bits per heavy atom. The van der Waals surface area contributed by atoms with Gasteiger partial charge in [0.05, 0.1) is 11.3 Å². The van der Waals surface area contributed by atoms with Crippen LogP contribution in [-0.4, -0.2) is 5.16 Å². The van der Waals surface area contributed by atoms with E-state index in [0.717, 1.165) is 22.8 Å². The summed E-state index contributed by atoms with van der Waals surface area (Å²) < 4.78 is 10.7. The number of rotatable bonds is 3. The number of benzene rings is 1. The van der Waals surface area contributed by atoms with Gasteiger partial charge < -0.3 is 9.26 Å². The summed E-state index contributed by atoms with van der Waals surface area (Å²) in [5.41, 5.74) is 1.92. The smallest absolute Gasteiger partial charge is 0.140 e. The van der Waals surface area contributed by atoms with Gasteiger partial charge in [-0.05, 0) is 26.0 Å². The fourth-order valence-corrected chi connectivity index (χ4v) is 1.38. The molecule has 3 heteroatoms. The average molecular weight is 203 g/mol. The molecule has 0 saturated carbocycles. The molecular formula is C12H13NO2. The summed E-state index contributed by atoms with van der Waals surface area (Å²) in [6.45, 7) is 4.31. The number of para-hydroxylation sites is 1. The van der Waals surface area contributed by atoms with Crippen molar-refractivity contribution >= 4 is 0 Å². The van der Waals surface area contributed by atoms with Crippen LogP contribution in [0.4, 0.5) is 0 Å². The highest BCUT2D eigenvalue weighted by Crippen LogP contribution is 2.16. The molecule has 2 rings (SSSR count). The summed E-state index contributed by atoms with van der Waals surface area (Å²) in [6, 6.07) is 9.71. The molecule has 0 N–H and O–H groups in total. The monoisotopic (exact) mass is 203 g/mol. The molecule has 1 aromatic carbocycles. The Labute approximate surface area is 88.7 Å². The largest absolute Gasteiger partial charge is 0.489 e. The number of hydrogen-bond acceptors (Lipinski definition) is 3. The van der Waals surface area contributed by atoms with E-state index in [1.165, 1.54) is 0 Å². The Morgan fingerprint density at radius 1 is 1.20 bits per heavy atom. The maximum absolute atomic E-state index is 5.61. The molecule has 0 aliphatic rings. The fourth-order valence-electron chi connectivity index (χ4n) is 1.38. The molecule has 0 aliphatic carbocycles. The molecule has 0 bridgehead atoms. The second-order valence-corrected chi connectivity index (χ2v) is 3.40. The van der Waals surface area contributed by atoms with Crippen molar-refractivity contribution < 1.29 is 9.26 Å². The minimum absolute atomic E-state index is 0.505. The Morgan fingerprint density at radius 2 is 1.93 bits per heavy atom. The van der Waals surface area contributed by atoms with Crippen molar-refractivity contribution in [3.8, 4) is 5.75 Å². The molecule has 78 valence electrons. The van der Waals surface area contributed by atoms with E-state index in [1.807, 2.05) is 44.2 Å². The third kappa shape index (κ3) is 2.18. The Balaban J connectivity index is 2.05. The second kappa shape index (κ2) is 4.17. The zero-order valence-corrected chi connectivity index (χ0v) is 8.86. The van der Waals surface area contributed by atoms with Crippen molar-refractivity contribution in [1.29, 1.82) is 0 Å². The molecular weight excluding hydrogens is 190 g/mol. The Hall–Kier alpha value is -1.77. The van der Waals surface area contributed by atoms with Gasteiger partial charge in [-0.3, -0.25) is 0 Å². The van der Waals surface area contributed by atoms with E-state index in [4.69, 9.17) is 9.26 Å². The van der Waals surface area contributed by atoms with Crippen molar-refractivity contribution in [2.45, 2.75) is 20.5 Å². The van der Waals surface area contributed by atoms with Gasteiger partial charge in [-0.2, -0.15) is 0 Å². The van der Waals surface area contributed by atoms with E-state index in [1.54, 1.807) is 0 Å². The van der Waals surface area contributed by atoms with Gasteiger partial charge in [-0.1, -0.05) is 23.4 Å². The van der Waals surface area contributed by atoms with E-state index in [0.29, 0.717) is 6.61 Å². The summed E-state index contributed by atoms with van der Waals surface area (Å²) in [6.07, 6.45) is 0. The van der Waals surface area contributed by atoms with Gasteiger partial charge in [0.25, 0.3) is 0 Å². The van der Waals surface area contributed by atoms with Crippen molar-refractivity contribution in [3.63, 3.8) is 0 Å². The van der Waals surface area contributed by atoms with Gasteiger partial charge >= 0.3 is 0 Å². The van der Waals surface area contributed by atoms with Crippen LogP contribution in [0.3, 0.4) is 0 Å². The van der Waals surface area contributed by atoms with Gasteiger partial charge in [0, 0.05) is 0 Å². The molecule has 0 unspecified atom stereocenters. The molecule has 0 saturated heterocycles. The molecule has 1 heterocycles. The van der Waals surface area contributed by atoms with Crippen molar-refractivity contribution in [1.82, 2.24) is 5.16 Å². The van der Waals surface area contributed by atoms with E-state index in [2.05, 4.69) is 5.16 Å². The number of nitrogens with zero attached hydrogens (tertiary/aromatic N) is 1. The minimum atomic E-state index is 0.505. The summed E-state index contributed by atoms with van der Waals surface area (Å²) in [7, 11) is 0. The predicted molar refractivity (Wildman–Crippen MR) is 56.8 cm³/mol. The lowest BCUT2D eigenvalue weighted by Crippen LogP contribution is -1.97. The summed E-state index contributed by atoms with van der Waals surface area (Å²) in [5, 5.41) is 3.87. The van der Waals surface area contributed by atoms with Crippen LogP contribution in [0.15, 0.2) is 34.9 Å². The predicted octanol–water partition coefficient (Wildman–Crippen LogP) is 2.87. The van der Waals surface area contributed by atoms with Gasteiger partial charge in [0.1, 0.15) is 18.1 Å². The lowest BCUT2D eigenvalue weighted by molar-refractivity contribution is 0.301. The molecule has 0 atom stereocenters. The number of ether oxygens (including phenoxy) is 1. The standard InChI is InChI=1S/C12H13NO2/c1-9-12(10(2)15-13-9)8-14-11-6-4-3-5-7-11/h3-7H,8H2,1-2H3. The minimum Gasteiger partial charge on any atom is -0.489 e. The number of hydrogen-bond donors (Lipinski definition) is 0. The fraction of sp³-hybridized carbons (Fsp3) is 0.250. The maximum atomic E-state index is 5.61. The topological polar surface area (TPSA) is 35.3 Å². The molecule has 3 nitrogen and oxygen atoms in total. The van der Waals surface area contributed by atoms with Crippen molar-refractivity contribution in [2.75, 3.05) is 0 Å². The molecule has 0 radical (unpaired) electrons. The SMILES string of the molecule is Cc1noc(C)c1COc1ccccc1. The molecule has 15 heavy (non-hydrogen) atoms. The van der Waals surface area contributed by atoms with Crippen molar-refractivity contribution in [3.05, 3.63) is 47.3 Å². The van der Waals surface area contributed by atoms with E-state index >= 15 is 0 Å². The third-order valence-corrected chi connectivity index (χ3v) is 2.31. The zero-order chi connectivity index (χ0) is 10.7. The van der Waals surface area contributed by atoms with Crippen LogP contribution < -0.4 is 4.74 Å². The second-order valence-electron chi connectivity index (χ2n) is 3.40. The quantitative estimate of drug-likeness (QED) is 0.769. The average Bonchev–Trinajstić information content (AvgIpc) is 2.58. The van der Waals surface area contributed by atoms with E-state index < -0.39 is 0 Å². The van der Waals surface area contributed by atoms with Crippen LogP contribution in [0.1, 0.15) is 17.0 Å². The molecule has 0 fully saturated rings. The molecule has 1 aromatic heterocycles. The van der Waals surface area contributed by atoms with Crippen LogP contribution in [0.5, 0.6) is 5.75 Å². The first-order valence-electron chi connectivity index (χ1n) is 4.87. The van der Waals surface area contributed by atoms with E-state index in [-0.39, 0.29) is 0 Å². The summed E-state index contributed by atoms with van der Waals surface area (Å²) in [5.74, 6) is 1.68. The first kappa shape index (κ1) is 9.77. The summed E-state index contributed by atoms with van der Waals surface area (Å²) >= 11 is 0. The maximum Gasteiger partial charge on any atom is 0.140 e. The van der Waals surface area contributed by atoms with Crippen LogP contribution >= 0.6 is 0 Å². The van der Waals surface area contributed by atoms with Crippen LogP contribution in [0.25, 0.3) is 0 Å². The molecule has 0 aliphatic heterocycles. The van der Waals surface area contributed by atoms with Crippen molar-refractivity contribution in [2.24, 2.45) is 0 Å². The highest BCUT2D eigenvalue weighted by Gasteiger charge is 2.08. The van der Waals surface area contributed by atoms with Gasteiger partial charge in [-0.25, -0.2) is 0 Å². The van der Waals surface area contributed by atoms with Crippen LogP contribution in [-0.2, 0) is 6.61 Å². The van der Waals surface area contributed by atoms with Crippen LogP contribution in [0.2, 0.25) is 0 Å². The first-order valence-corrected chi connectivity index (χ1v) is 4.87. The highest BCUT2D eigenvalue weighted by atomic mass is 16.5. The Kier molecular flexibility index (Phi) is 2.72. The molecule has 0 spiro atoms.